The van der Waals surface area contributed by atoms with Crippen LogP contribution in [0.2, 0.25) is 0 Å². The molecule has 3 aromatic rings. The highest BCUT2D eigenvalue weighted by atomic mass is 16.7. The molecule has 0 unspecified atom stereocenters. The number of fused-ring (bicyclic) bond motifs is 2. The molecule has 4 rings (SSSR count). The standard InChI is InChI=1S/C18H16N4O5/c23-17(19-8-12-5-6-15-16(7-12)27-11-26-15)10-25-18(24)9-22-14-4-2-1-3-13(14)20-21-22/h1-7H,8-11H2,(H,19,23). The third-order valence-electron chi connectivity index (χ3n) is 3.99. The van der Waals surface area contributed by atoms with Crippen molar-refractivity contribution < 1.29 is 23.8 Å². The average molecular weight is 368 g/mol. The van der Waals surface area contributed by atoms with Gasteiger partial charge in [-0.25, -0.2) is 4.68 Å². The van der Waals surface area contributed by atoms with Gasteiger partial charge in [-0.15, -0.1) is 5.10 Å². The van der Waals surface area contributed by atoms with Gasteiger partial charge in [-0.2, -0.15) is 0 Å². The maximum Gasteiger partial charge on any atom is 0.328 e. The predicted octanol–water partition coefficient (Wildman–Crippen LogP) is 1.02. The smallest absolute Gasteiger partial charge is 0.328 e. The maximum absolute atomic E-state index is 11.9. The van der Waals surface area contributed by atoms with Crippen LogP contribution in [0.4, 0.5) is 0 Å². The van der Waals surface area contributed by atoms with Gasteiger partial charge in [-0.3, -0.25) is 9.59 Å². The number of ether oxygens (including phenoxy) is 3. The molecule has 1 aromatic heterocycles. The fraction of sp³-hybridized carbons (Fsp3) is 0.222. The van der Waals surface area contributed by atoms with Gasteiger partial charge in [0.25, 0.3) is 5.91 Å². The first-order valence-corrected chi connectivity index (χ1v) is 8.28. The van der Waals surface area contributed by atoms with E-state index >= 15 is 0 Å². The van der Waals surface area contributed by atoms with Crippen molar-refractivity contribution in [2.24, 2.45) is 0 Å². The minimum absolute atomic E-state index is 0.115. The SMILES string of the molecule is O=C(COC(=O)Cn1nnc2ccccc21)NCc1ccc2c(c1)OCO2. The van der Waals surface area contributed by atoms with E-state index in [-0.39, 0.29) is 19.9 Å². The molecule has 0 saturated carbocycles. The molecule has 138 valence electrons. The van der Waals surface area contributed by atoms with Crippen LogP contribution in [0, 0.1) is 0 Å². The second-order valence-corrected chi connectivity index (χ2v) is 5.86. The number of nitrogens with zero attached hydrogens (tertiary/aromatic N) is 3. The van der Waals surface area contributed by atoms with Crippen molar-refractivity contribution in [2.45, 2.75) is 13.1 Å². The summed E-state index contributed by atoms with van der Waals surface area (Å²) >= 11 is 0. The molecule has 1 amide bonds. The second-order valence-electron chi connectivity index (χ2n) is 5.86. The number of hydrogen-bond donors (Lipinski definition) is 1. The van der Waals surface area contributed by atoms with Gasteiger partial charge in [0.1, 0.15) is 12.1 Å². The first-order valence-electron chi connectivity index (χ1n) is 8.28. The third kappa shape index (κ3) is 3.81. The van der Waals surface area contributed by atoms with Gasteiger partial charge >= 0.3 is 5.97 Å². The molecule has 0 bridgehead atoms. The van der Waals surface area contributed by atoms with Crippen LogP contribution in [0.25, 0.3) is 11.0 Å². The Kier molecular flexibility index (Phi) is 4.56. The summed E-state index contributed by atoms with van der Waals surface area (Å²) in [6, 6.07) is 12.7. The molecule has 1 N–H and O–H groups in total. The van der Waals surface area contributed by atoms with E-state index in [1.54, 1.807) is 24.3 Å². The van der Waals surface area contributed by atoms with Crippen molar-refractivity contribution in [3.63, 3.8) is 0 Å². The molecule has 2 aromatic carbocycles. The Morgan fingerprint density at radius 3 is 2.93 bits per heavy atom. The molecule has 9 heteroatoms. The zero-order chi connectivity index (χ0) is 18.6. The van der Waals surface area contributed by atoms with Crippen LogP contribution in [0.1, 0.15) is 5.56 Å². The van der Waals surface area contributed by atoms with E-state index in [9.17, 15) is 9.59 Å². The highest BCUT2D eigenvalue weighted by Crippen LogP contribution is 2.32. The molecule has 9 nitrogen and oxygen atoms in total. The molecular formula is C18H16N4O5. The van der Waals surface area contributed by atoms with Crippen LogP contribution in [0.3, 0.4) is 0 Å². The van der Waals surface area contributed by atoms with Crippen LogP contribution in [-0.4, -0.2) is 40.3 Å². The average Bonchev–Trinajstić information content (AvgIpc) is 3.31. The maximum atomic E-state index is 11.9. The number of esters is 1. The van der Waals surface area contributed by atoms with Crippen LogP contribution in [0.5, 0.6) is 11.5 Å². The van der Waals surface area contributed by atoms with Gasteiger partial charge in [-0.05, 0) is 29.8 Å². The lowest BCUT2D eigenvalue weighted by Crippen LogP contribution is -2.29. The summed E-state index contributed by atoms with van der Waals surface area (Å²) in [5.74, 6) is 0.362. The molecule has 0 saturated heterocycles. The van der Waals surface area contributed by atoms with E-state index in [2.05, 4.69) is 15.6 Å². The summed E-state index contributed by atoms with van der Waals surface area (Å²) in [6.07, 6.45) is 0. The second kappa shape index (κ2) is 7.32. The van der Waals surface area contributed by atoms with Gasteiger partial charge in [0.05, 0.1) is 5.52 Å². The molecule has 1 aliphatic heterocycles. The molecule has 0 spiro atoms. The summed E-state index contributed by atoms with van der Waals surface area (Å²) in [7, 11) is 0. The first kappa shape index (κ1) is 16.8. The summed E-state index contributed by atoms with van der Waals surface area (Å²) in [6.45, 7) is 0.00879. The Morgan fingerprint density at radius 2 is 2.00 bits per heavy atom. The molecule has 2 heterocycles. The minimum Gasteiger partial charge on any atom is -0.454 e. The number of benzene rings is 2. The molecule has 27 heavy (non-hydrogen) atoms. The number of nitrogens with one attached hydrogen (secondary N) is 1. The van der Waals surface area contributed by atoms with Crippen LogP contribution in [-0.2, 0) is 27.4 Å². The van der Waals surface area contributed by atoms with Gasteiger partial charge in [0, 0.05) is 6.54 Å². The normalized spacial score (nSPS) is 12.1. The van der Waals surface area contributed by atoms with Crippen molar-refractivity contribution in [1.82, 2.24) is 20.3 Å². The van der Waals surface area contributed by atoms with E-state index < -0.39 is 11.9 Å². The first-order chi connectivity index (χ1) is 13.2. The van der Waals surface area contributed by atoms with Crippen molar-refractivity contribution in [3.05, 3.63) is 48.0 Å². The molecular weight excluding hydrogens is 352 g/mol. The summed E-state index contributed by atoms with van der Waals surface area (Å²) < 4.78 is 17.0. The molecule has 0 radical (unpaired) electrons. The van der Waals surface area contributed by atoms with E-state index in [0.29, 0.717) is 23.6 Å². The number of para-hydroxylation sites is 1. The van der Waals surface area contributed by atoms with Crippen molar-refractivity contribution >= 4 is 22.9 Å². The molecule has 0 atom stereocenters. The lowest BCUT2D eigenvalue weighted by atomic mass is 10.2. The number of carbonyl (C=O) groups is 2. The highest BCUT2D eigenvalue weighted by Gasteiger charge is 2.14. The van der Waals surface area contributed by atoms with Crippen LogP contribution < -0.4 is 14.8 Å². The number of aromatic nitrogens is 3. The molecule has 1 aliphatic rings. The Morgan fingerprint density at radius 1 is 1.15 bits per heavy atom. The molecule has 0 fully saturated rings. The van der Waals surface area contributed by atoms with Crippen molar-refractivity contribution in [3.8, 4) is 11.5 Å². The lowest BCUT2D eigenvalue weighted by Gasteiger charge is -2.07. The summed E-state index contributed by atoms with van der Waals surface area (Å²) in [5.41, 5.74) is 2.27. The van der Waals surface area contributed by atoms with E-state index in [4.69, 9.17) is 14.2 Å². The fourth-order valence-electron chi connectivity index (χ4n) is 2.65. The largest absolute Gasteiger partial charge is 0.454 e. The Labute approximate surface area is 153 Å². The number of rotatable bonds is 6. The highest BCUT2D eigenvalue weighted by molar-refractivity contribution is 5.81. The zero-order valence-corrected chi connectivity index (χ0v) is 14.3. The van der Waals surface area contributed by atoms with Gasteiger partial charge < -0.3 is 19.5 Å². The fourth-order valence-corrected chi connectivity index (χ4v) is 2.65. The quantitative estimate of drug-likeness (QED) is 0.648. The third-order valence-corrected chi connectivity index (χ3v) is 3.99. The lowest BCUT2D eigenvalue weighted by molar-refractivity contribution is -0.149. The number of carbonyl (C=O) groups excluding carboxylic acids is 2. The predicted molar refractivity (Wildman–Crippen MR) is 92.9 cm³/mol. The molecule has 0 aliphatic carbocycles. The number of hydrogen-bond acceptors (Lipinski definition) is 7. The topological polar surface area (TPSA) is 105 Å². The Bertz CT molecular complexity index is 1000. The van der Waals surface area contributed by atoms with Gasteiger partial charge in [-0.1, -0.05) is 23.4 Å². The number of amides is 1. The monoisotopic (exact) mass is 368 g/mol. The van der Waals surface area contributed by atoms with Gasteiger partial charge in [0.2, 0.25) is 6.79 Å². The summed E-state index contributed by atoms with van der Waals surface area (Å²) in [4.78, 5) is 23.8. The van der Waals surface area contributed by atoms with Crippen molar-refractivity contribution in [2.75, 3.05) is 13.4 Å². The zero-order valence-electron chi connectivity index (χ0n) is 14.3. The Balaban J connectivity index is 1.24. The van der Waals surface area contributed by atoms with Crippen LogP contribution in [0.15, 0.2) is 42.5 Å². The minimum atomic E-state index is -0.566. The van der Waals surface area contributed by atoms with E-state index in [1.807, 2.05) is 18.2 Å². The van der Waals surface area contributed by atoms with Crippen LogP contribution >= 0.6 is 0 Å². The van der Waals surface area contributed by atoms with Gasteiger partial charge in [0.15, 0.2) is 18.1 Å². The summed E-state index contributed by atoms with van der Waals surface area (Å²) in [5, 5.41) is 10.6. The van der Waals surface area contributed by atoms with E-state index in [1.165, 1.54) is 4.68 Å². The van der Waals surface area contributed by atoms with E-state index in [0.717, 1.165) is 11.1 Å². The Hall–Kier alpha value is -3.62. The van der Waals surface area contributed by atoms with Crippen molar-refractivity contribution in [1.29, 1.82) is 0 Å².